The monoisotopic (exact) mass is 396 g/mol. The molecule has 2 aromatic rings. The molecule has 1 saturated carbocycles. The van der Waals surface area contributed by atoms with E-state index in [0.717, 1.165) is 30.6 Å². The van der Waals surface area contributed by atoms with Crippen LogP contribution in [-0.4, -0.2) is 42.7 Å². The Bertz CT molecular complexity index is 991. The highest BCUT2D eigenvalue weighted by atomic mass is 16.5. The van der Waals surface area contributed by atoms with Crippen molar-refractivity contribution in [2.24, 2.45) is 5.41 Å². The molecule has 6 nitrogen and oxygen atoms in total. The summed E-state index contributed by atoms with van der Waals surface area (Å²) in [5.41, 5.74) is 2.26. The highest BCUT2D eigenvalue weighted by Crippen LogP contribution is 2.52. The summed E-state index contributed by atoms with van der Waals surface area (Å²) >= 11 is 0. The highest BCUT2D eigenvalue weighted by molar-refractivity contribution is 5.95. The molecule has 1 aromatic carbocycles. The van der Waals surface area contributed by atoms with Gasteiger partial charge in [0.05, 0.1) is 14.2 Å². The summed E-state index contributed by atoms with van der Waals surface area (Å²) < 4.78 is 12.3. The number of hydrogen-bond acceptors (Lipinski definition) is 4. The van der Waals surface area contributed by atoms with E-state index in [0.29, 0.717) is 35.4 Å². The number of amides is 1. The van der Waals surface area contributed by atoms with Gasteiger partial charge in [0.25, 0.3) is 11.5 Å². The summed E-state index contributed by atoms with van der Waals surface area (Å²) in [7, 11) is 3.21. The van der Waals surface area contributed by atoms with Crippen molar-refractivity contribution < 1.29 is 14.3 Å². The van der Waals surface area contributed by atoms with Crippen molar-refractivity contribution in [3.05, 3.63) is 57.5 Å². The molecule has 29 heavy (non-hydrogen) atoms. The van der Waals surface area contributed by atoms with Crippen LogP contribution in [0.3, 0.4) is 0 Å². The van der Waals surface area contributed by atoms with Crippen LogP contribution < -0.4 is 15.0 Å². The Morgan fingerprint density at radius 2 is 1.86 bits per heavy atom. The Kier molecular flexibility index (Phi) is 5.11. The van der Waals surface area contributed by atoms with Gasteiger partial charge in [-0.2, -0.15) is 0 Å². The molecule has 0 unspecified atom stereocenters. The first-order chi connectivity index (χ1) is 14.0. The van der Waals surface area contributed by atoms with Crippen LogP contribution in [0.25, 0.3) is 0 Å². The van der Waals surface area contributed by atoms with Gasteiger partial charge in [0, 0.05) is 25.8 Å². The molecule has 0 N–H and O–H groups in total. The molecular formula is C23H28N2O4. The van der Waals surface area contributed by atoms with Crippen molar-refractivity contribution in [1.82, 2.24) is 9.47 Å². The molecule has 6 heteroatoms. The van der Waals surface area contributed by atoms with E-state index in [1.165, 1.54) is 12.8 Å². The molecule has 1 spiro atoms. The van der Waals surface area contributed by atoms with Gasteiger partial charge in [0.15, 0.2) is 11.5 Å². The Labute approximate surface area is 171 Å². The van der Waals surface area contributed by atoms with Gasteiger partial charge in [-0.05, 0) is 67.3 Å². The quantitative estimate of drug-likeness (QED) is 0.753. The fraction of sp³-hybridized carbons (Fsp3) is 0.478. The zero-order chi connectivity index (χ0) is 20.6. The van der Waals surface area contributed by atoms with Crippen molar-refractivity contribution in [3.8, 4) is 11.5 Å². The Morgan fingerprint density at radius 3 is 2.52 bits per heavy atom. The van der Waals surface area contributed by atoms with Crippen LogP contribution in [0.1, 0.15) is 40.7 Å². The highest BCUT2D eigenvalue weighted by Gasteiger charge is 2.49. The van der Waals surface area contributed by atoms with Gasteiger partial charge >= 0.3 is 0 Å². The molecule has 1 aliphatic heterocycles. The summed E-state index contributed by atoms with van der Waals surface area (Å²) in [6.07, 6.45) is 5.92. The lowest BCUT2D eigenvalue weighted by atomic mass is 10.1. The van der Waals surface area contributed by atoms with Gasteiger partial charge < -0.3 is 18.9 Å². The molecule has 2 heterocycles. The molecular weight excluding hydrogens is 368 g/mol. The SMILES string of the molecule is COc1ccc(CCn2ccc(C)c(C(=O)N3CCC4(CC4)C3)c2=O)cc1OC. The third kappa shape index (κ3) is 3.76. The second-order valence-electron chi connectivity index (χ2n) is 8.29. The van der Waals surface area contributed by atoms with E-state index >= 15 is 0 Å². The number of hydrogen-bond donors (Lipinski definition) is 0. The molecule has 1 amide bonds. The second-order valence-corrected chi connectivity index (χ2v) is 8.29. The number of likely N-dealkylation sites (tertiary alicyclic amines) is 1. The standard InChI is InChI=1S/C23H28N2O4/c1-16-6-11-24(12-7-17-4-5-18(28-2)19(14-17)29-3)21(26)20(16)22(27)25-13-10-23(15-25)8-9-23/h4-6,11,14H,7-10,12-13,15H2,1-3H3. The lowest BCUT2D eigenvalue weighted by molar-refractivity contribution is 0.0782. The molecule has 0 atom stereocenters. The van der Waals surface area contributed by atoms with Gasteiger partial charge in [-0.25, -0.2) is 0 Å². The number of carbonyl (C=O) groups excluding carboxylic acids is 1. The maximum atomic E-state index is 13.1. The van der Waals surface area contributed by atoms with Gasteiger partial charge in [-0.15, -0.1) is 0 Å². The van der Waals surface area contributed by atoms with Crippen LogP contribution in [0.4, 0.5) is 0 Å². The Morgan fingerprint density at radius 1 is 1.10 bits per heavy atom. The van der Waals surface area contributed by atoms with Crippen LogP contribution in [-0.2, 0) is 13.0 Å². The average molecular weight is 396 g/mol. The molecule has 2 fully saturated rings. The lowest BCUT2D eigenvalue weighted by Gasteiger charge is -2.18. The normalized spacial score (nSPS) is 16.9. The summed E-state index contributed by atoms with van der Waals surface area (Å²) in [6.45, 7) is 3.90. The number of methoxy groups -OCH3 is 2. The van der Waals surface area contributed by atoms with E-state index in [1.54, 1.807) is 25.0 Å². The van der Waals surface area contributed by atoms with Crippen LogP contribution in [0, 0.1) is 12.3 Å². The fourth-order valence-corrected chi connectivity index (χ4v) is 4.24. The van der Waals surface area contributed by atoms with Crippen LogP contribution >= 0.6 is 0 Å². The minimum absolute atomic E-state index is 0.114. The largest absolute Gasteiger partial charge is 0.493 e. The van der Waals surface area contributed by atoms with Crippen LogP contribution in [0.5, 0.6) is 11.5 Å². The lowest BCUT2D eigenvalue weighted by Crippen LogP contribution is -2.36. The molecule has 1 aromatic heterocycles. The van der Waals surface area contributed by atoms with Gasteiger partial charge in [0.1, 0.15) is 5.56 Å². The van der Waals surface area contributed by atoms with E-state index in [4.69, 9.17) is 9.47 Å². The summed E-state index contributed by atoms with van der Waals surface area (Å²) in [6, 6.07) is 7.61. The third-order valence-electron chi connectivity index (χ3n) is 6.36. The van der Waals surface area contributed by atoms with Crippen molar-refractivity contribution >= 4 is 5.91 Å². The second kappa shape index (κ2) is 7.58. The van der Waals surface area contributed by atoms with Crippen molar-refractivity contribution in [1.29, 1.82) is 0 Å². The van der Waals surface area contributed by atoms with Crippen molar-refractivity contribution in [2.75, 3.05) is 27.3 Å². The number of benzene rings is 1. The third-order valence-corrected chi connectivity index (χ3v) is 6.36. The molecule has 4 rings (SSSR count). The maximum Gasteiger partial charge on any atom is 0.263 e. The molecule has 0 bridgehead atoms. The predicted octanol–water partition coefficient (Wildman–Crippen LogP) is 3.04. The number of carbonyl (C=O) groups is 1. The predicted molar refractivity (Wildman–Crippen MR) is 111 cm³/mol. The number of aryl methyl sites for hydroxylation is 3. The molecule has 1 saturated heterocycles. The first kappa shape index (κ1) is 19.6. The van der Waals surface area contributed by atoms with Crippen LogP contribution in [0.15, 0.2) is 35.3 Å². The number of rotatable bonds is 6. The van der Waals surface area contributed by atoms with E-state index < -0.39 is 0 Å². The van der Waals surface area contributed by atoms with Crippen molar-refractivity contribution in [3.63, 3.8) is 0 Å². The minimum atomic E-state index is -0.202. The van der Waals surface area contributed by atoms with Gasteiger partial charge in [-0.1, -0.05) is 6.07 Å². The van der Waals surface area contributed by atoms with Gasteiger partial charge in [-0.3, -0.25) is 9.59 Å². The molecule has 0 radical (unpaired) electrons. The van der Waals surface area contributed by atoms with Crippen molar-refractivity contribution in [2.45, 2.75) is 39.2 Å². The fourth-order valence-electron chi connectivity index (χ4n) is 4.24. The minimum Gasteiger partial charge on any atom is -0.493 e. The van der Waals surface area contributed by atoms with E-state index in [1.807, 2.05) is 36.1 Å². The molecule has 154 valence electrons. The summed E-state index contributed by atoms with van der Waals surface area (Å²) in [4.78, 5) is 28.0. The Hall–Kier alpha value is -2.76. The summed E-state index contributed by atoms with van der Waals surface area (Å²) in [5, 5.41) is 0. The van der Waals surface area contributed by atoms with E-state index in [9.17, 15) is 9.59 Å². The number of ether oxygens (including phenoxy) is 2. The van der Waals surface area contributed by atoms with Gasteiger partial charge in [0.2, 0.25) is 0 Å². The zero-order valence-corrected chi connectivity index (χ0v) is 17.4. The van der Waals surface area contributed by atoms with E-state index in [2.05, 4.69) is 0 Å². The topological polar surface area (TPSA) is 60.8 Å². The number of aromatic nitrogens is 1. The first-order valence-corrected chi connectivity index (χ1v) is 10.2. The average Bonchev–Trinajstić information content (AvgIpc) is 3.35. The van der Waals surface area contributed by atoms with E-state index in [-0.39, 0.29) is 11.5 Å². The smallest absolute Gasteiger partial charge is 0.263 e. The number of nitrogens with zero attached hydrogens (tertiary/aromatic N) is 2. The zero-order valence-electron chi connectivity index (χ0n) is 17.4. The molecule has 1 aliphatic carbocycles. The maximum absolute atomic E-state index is 13.1. The summed E-state index contributed by atoms with van der Waals surface area (Å²) in [5.74, 6) is 1.23. The number of pyridine rings is 1. The Balaban J connectivity index is 1.52. The first-order valence-electron chi connectivity index (χ1n) is 10.2. The molecule has 2 aliphatic rings. The van der Waals surface area contributed by atoms with Crippen LogP contribution in [0.2, 0.25) is 0 Å².